The molecule has 0 aliphatic carbocycles. The Labute approximate surface area is 163 Å². The molecular weight excluding hydrogens is 390 g/mol. The summed E-state index contributed by atoms with van der Waals surface area (Å²) in [6.45, 7) is 0.229. The van der Waals surface area contributed by atoms with Gasteiger partial charge in [-0.1, -0.05) is 11.6 Å². The monoisotopic (exact) mass is 409 g/mol. The number of rotatable bonds is 4. The highest BCUT2D eigenvalue weighted by molar-refractivity contribution is 7.89. The minimum Gasteiger partial charge on any atom is -0.492 e. The molecule has 1 heterocycles. The second-order valence-corrected chi connectivity index (χ2v) is 8.57. The highest BCUT2D eigenvalue weighted by atomic mass is 35.5. The van der Waals surface area contributed by atoms with Gasteiger partial charge in [-0.15, -0.1) is 0 Å². The molecule has 144 valence electrons. The number of carbonyl (C=O) groups excluding carboxylic acids is 1. The first-order chi connectivity index (χ1) is 12.6. The van der Waals surface area contributed by atoms with Crippen LogP contribution in [0.25, 0.3) is 0 Å². The van der Waals surface area contributed by atoms with Gasteiger partial charge in [0.2, 0.25) is 15.9 Å². The summed E-state index contributed by atoms with van der Waals surface area (Å²) in [6, 6.07) is 9.67. The maximum absolute atomic E-state index is 12.8. The van der Waals surface area contributed by atoms with Crippen LogP contribution in [0.2, 0.25) is 5.02 Å². The molecule has 0 fully saturated rings. The summed E-state index contributed by atoms with van der Waals surface area (Å²) in [6.07, 6.45) is 0.480. The van der Waals surface area contributed by atoms with Gasteiger partial charge in [-0.25, -0.2) is 13.6 Å². The van der Waals surface area contributed by atoms with Crippen LogP contribution in [0.1, 0.15) is 5.56 Å². The molecule has 0 spiro atoms. The minimum atomic E-state index is -3.88. The second-order valence-electron chi connectivity index (χ2n) is 6.57. The van der Waals surface area contributed by atoms with Crippen molar-refractivity contribution in [3.05, 3.63) is 47.0 Å². The quantitative estimate of drug-likeness (QED) is 0.806. The van der Waals surface area contributed by atoms with E-state index < -0.39 is 15.9 Å². The molecule has 0 aromatic heterocycles. The van der Waals surface area contributed by atoms with Crippen molar-refractivity contribution in [3.8, 4) is 5.75 Å². The topological polar surface area (TPSA) is 102 Å². The van der Waals surface area contributed by atoms with Crippen LogP contribution in [-0.4, -0.2) is 35.0 Å². The molecule has 0 saturated carbocycles. The lowest BCUT2D eigenvalue weighted by Gasteiger charge is -2.26. The molecule has 27 heavy (non-hydrogen) atoms. The van der Waals surface area contributed by atoms with Crippen molar-refractivity contribution in [2.45, 2.75) is 11.3 Å². The Hall–Kier alpha value is -2.29. The number of fused-ring (bicyclic) bond motifs is 1. The van der Waals surface area contributed by atoms with Gasteiger partial charge in [0.1, 0.15) is 12.4 Å². The molecular formula is C18H20ClN3O4S. The number of hydrogen-bond acceptors (Lipinski definition) is 5. The number of nitrogens with zero attached hydrogens (tertiary/aromatic N) is 1. The van der Waals surface area contributed by atoms with E-state index in [2.05, 4.69) is 5.32 Å². The molecule has 9 heteroatoms. The van der Waals surface area contributed by atoms with E-state index in [1.807, 2.05) is 0 Å². The number of benzene rings is 2. The van der Waals surface area contributed by atoms with Crippen molar-refractivity contribution in [3.63, 3.8) is 0 Å². The third-order valence-electron chi connectivity index (χ3n) is 4.34. The Kier molecular flexibility index (Phi) is 5.32. The Morgan fingerprint density at radius 1 is 1.26 bits per heavy atom. The summed E-state index contributed by atoms with van der Waals surface area (Å²) in [7, 11) is -0.292. The van der Waals surface area contributed by atoms with Crippen LogP contribution in [-0.2, 0) is 21.2 Å². The summed E-state index contributed by atoms with van der Waals surface area (Å²) >= 11 is 6.02. The van der Waals surface area contributed by atoms with Gasteiger partial charge in [-0.05, 0) is 48.4 Å². The van der Waals surface area contributed by atoms with Crippen LogP contribution in [0.4, 0.5) is 11.4 Å². The van der Waals surface area contributed by atoms with Gasteiger partial charge in [-0.2, -0.15) is 0 Å². The van der Waals surface area contributed by atoms with Crippen molar-refractivity contribution >= 4 is 38.9 Å². The molecule has 2 aromatic carbocycles. The zero-order valence-electron chi connectivity index (χ0n) is 14.9. The largest absolute Gasteiger partial charge is 0.492 e. The third-order valence-corrected chi connectivity index (χ3v) is 5.48. The average Bonchev–Trinajstić information content (AvgIpc) is 2.60. The predicted octanol–water partition coefficient (Wildman–Crippen LogP) is 2.24. The Morgan fingerprint density at radius 2 is 2.00 bits per heavy atom. The molecule has 0 unspecified atom stereocenters. The Bertz CT molecular complexity index is 992. The lowest BCUT2D eigenvalue weighted by atomic mass is 9.96. The molecule has 1 aliphatic heterocycles. The number of anilines is 2. The van der Waals surface area contributed by atoms with Gasteiger partial charge < -0.3 is 15.0 Å². The number of halogens is 1. The van der Waals surface area contributed by atoms with E-state index in [9.17, 15) is 13.2 Å². The molecule has 0 saturated heterocycles. The minimum absolute atomic E-state index is 0.0691. The number of amides is 1. The zero-order chi connectivity index (χ0) is 19.8. The summed E-state index contributed by atoms with van der Waals surface area (Å²) in [5, 5.41) is 8.59. The van der Waals surface area contributed by atoms with E-state index in [0.717, 1.165) is 5.56 Å². The number of hydrogen-bond donors (Lipinski definition) is 2. The van der Waals surface area contributed by atoms with Gasteiger partial charge in [0.25, 0.3) is 0 Å². The van der Waals surface area contributed by atoms with Gasteiger partial charge >= 0.3 is 0 Å². The maximum atomic E-state index is 12.8. The number of carbonyl (C=O) groups is 1. The van der Waals surface area contributed by atoms with E-state index in [1.165, 1.54) is 12.1 Å². The molecule has 3 rings (SSSR count). The molecule has 1 amide bonds. The molecule has 1 aliphatic rings. The number of nitrogens with one attached hydrogen (secondary N) is 1. The average molecular weight is 410 g/mol. The van der Waals surface area contributed by atoms with Crippen molar-refractivity contribution in [2.24, 2.45) is 11.1 Å². The van der Waals surface area contributed by atoms with Crippen LogP contribution in [0.3, 0.4) is 0 Å². The first-order valence-corrected chi connectivity index (χ1v) is 10.1. The van der Waals surface area contributed by atoms with E-state index in [4.69, 9.17) is 21.5 Å². The smallest absolute Gasteiger partial charge is 0.238 e. The first kappa shape index (κ1) is 19.5. The van der Waals surface area contributed by atoms with Crippen molar-refractivity contribution in [2.75, 3.05) is 30.9 Å². The fraction of sp³-hybridized carbons (Fsp3) is 0.278. The van der Waals surface area contributed by atoms with E-state index in [1.54, 1.807) is 43.3 Å². The van der Waals surface area contributed by atoms with Gasteiger partial charge in [0.15, 0.2) is 0 Å². The summed E-state index contributed by atoms with van der Waals surface area (Å²) in [5.41, 5.74) is 1.89. The first-order valence-electron chi connectivity index (χ1n) is 8.21. The SMILES string of the molecule is CN(C)c1ccc(S(N)(=O)=O)cc1NC(=O)[C@H]1COc2ccc(Cl)cc2C1. The number of primary sulfonamides is 1. The lowest BCUT2D eigenvalue weighted by molar-refractivity contribution is -0.121. The summed E-state index contributed by atoms with van der Waals surface area (Å²) in [5.74, 6) is 0.0214. The van der Waals surface area contributed by atoms with Gasteiger partial charge in [0.05, 0.1) is 22.2 Å². The van der Waals surface area contributed by atoms with Crippen LogP contribution in [0, 0.1) is 5.92 Å². The van der Waals surface area contributed by atoms with E-state index in [0.29, 0.717) is 28.6 Å². The fourth-order valence-electron chi connectivity index (χ4n) is 2.95. The lowest BCUT2D eigenvalue weighted by Crippen LogP contribution is -2.33. The van der Waals surface area contributed by atoms with E-state index in [-0.39, 0.29) is 17.4 Å². The van der Waals surface area contributed by atoms with Crippen molar-refractivity contribution in [1.82, 2.24) is 0 Å². The number of nitrogens with two attached hydrogens (primary N) is 1. The van der Waals surface area contributed by atoms with E-state index >= 15 is 0 Å². The molecule has 0 bridgehead atoms. The van der Waals surface area contributed by atoms with Crippen molar-refractivity contribution < 1.29 is 17.9 Å². The maximum Gasteiger partial charge on any atom is 0.238 e. The molecule has 0 radical (unpaired) electrons. The standard InChI is InChI=1S/C18H20ClN3O4S/c1-22(2)16-5-4-14(27(20,24)25)9-15(16)21-18(23)12-7-11-8-13(19)3-6-17(11)26-10-12/h3-6,8-9,12H,7,10H2,1-2H3,(H,21,23)(H2,20,24,25)/t12-/m1/s1. The highest BCUT2D eigenvalue weighted by Crippen LogP contribution is 2.32. The Morgan fingerprint density at radius 3 is 2.67 bits per heavy atom. The number of ether oxygens (including phenoxy) is 1. The summed E-state index contributed by atoms with van der Waals surface area (Å²) in [4.78, 5) is 14.5. The van der Waals surface area contributed by atoms with Gasteiger partial charge in [-0.3, -0.25) is 4.79 Å². The molecule has 2 aromatic rings. The molecule has 1 atom stereocenters. The third kappa shape index (κ3) is 4.35. The van der Waals surface area contributed by atoms with Crippen LogP contribution < -0.4 is 20.1 Å². The number of sulfonamides is 1. The fourth-order valence-corrected chi connectivity index (χ4v) is 3.68. The van der Waals surface area contributed by atoms with Crippen LogP contribution in [0.5, 0.6) is 5.75 Å². The second kappa shape index (κ2) is 7.38. The van der Waals surface area contributed by atoms with Gasteiger partial charge in [0, 0.05) is 19.1 Å². The van der Waals surface area contributed by atoms with Crippen LogP contribution >= 0.6 is 11.6 Å². The summed E-state index contributed by atoms with van der Waals surface area (Å²) < 4.78 is 28.9. The predicted molar refractivity (Wildman–Crippen MR) is 105 cm³/mol. The normalized spacial score (nSPS) is 16.2. The Balaban J connectivity index is 1.85. The van der Waals surface area contributed by atoms with Crippen molar-refractivity contribution in [1.29, 1.82) is 0 Å². The molecule has 3 N–H and O–H groups in total. The zero-order valence-corrected chi connectivity index (χ0v) is 16.5. The van der Waals surface area contributed by atoms with Crippen LogP contribution in [0.15, 0.2) is 41.3 Å². The molecule has 7 nitrogen and oxygen atoms in total. The highest BCUT2D eigenvalue weighted by Gasteiger charge is 2.27.